The number of rotatable bonds is 0. The number of aromatic amines is 1. The molecule has 4 nitrogen and oxygen atoms in total. The number of aromatic nitrogens is 2. The Morgan fingerprint density at radius 2 is 2.00 bits per heavy atom. The average molecular weight is 172 g/mol. The van der Waals surface area contributed by atoms with E-state index in [0.29, 0.717) is 10.6 Å². The van der Waals surface area contributed by atoms with Crippen LogP contribution < -0.4 is 11.2 Å². The first kappa shape index (κ1) is 8.13. The molecule has 0 spiro atoms. The minimum absolute atomic E-state index is 0.377. The summed E-state index contributed by atoms with van der Waals surface area (Å²) < 4.78 is 1.28. The van der Waals surface area contributed by atoms with Crippen LogP contribution >= 0.6 is 12.6 Å². The van der Waals surface area contributed by atoms with Gasteiger partial charge in [-0.15, -0.1) is 12.6 Å². The van der Waals surface area contributed by atoms with Crippen molar-refractivity contribution in [3.8, 4) is 0 Å². The third-order valence-corrected chi connectivity index (χ3v) is 2.15. The maximum Gasteiger partial charge on any atom is 0.328 e. The highest BCUT2D eigenvalue weighted by molar-refractivity contribution is 7.80. The smallest absolute Gasteiger partial charge is 0.291 e. The summed E-state index contributed by atoms with van der Waals surface area (Å²) in [5.41, 5.74) is -0.362. The summed E-state index contributed by atoms with van der Waals surface area (Å²) in [6, 6.07) is 0. The molecule has 0 radical (unpaired) electrons. The van der Waals surface area contributed by atoms with Crippen LogP contribution in [0.5, 0.6) is 0 Å². The molecule has 1 rings (SSSR count). The van der Waals surface area contributed by atoms with E-state index >= 15 is 0 Å². The topological polar surface area (TPSA) is 54.9 Å². The van der Waals surface area contributed by atoms with Crippen LogP contribution in [-0.2, 0) is 7.05 Å². The minimum Gasteiger partial charge on any atom is -0.291 e. The Kier molecular flexibility index (Phi) is 1.90. The van der Waals surface area contributed by atoms with E-state index in [1.165, 1.54) is 4.57 Å². The number of H-pyrrole nitrogens is 1. The molecule has 1 N–H and O–H groups in total. The molecule has 0 aliphatic rings. The second-order valence-electron chi connectivity index (χ2n) is 2.27. The molecule has 0 fully saturated rings. The Morgan fingerprint density at radius 3 is 2.55 bits per heavy atom. The number of hydrogen-bond donors (Lipinski definition) is 2. The number of hydrogen-bond acceptors (Lipinski definition) is 3. The monoisotopic (exact) mass is 172 g/mol. The normalized spacial score (nSPS) is 10.1. The molecule has 0 amide bonds. The zero-order valence-electron chi connectivity index (χ0n) is 6.21. The summed E-state index contributed by atoms with van der Waals surface area (Å²) in [6.45, 7) is 1.61. The van der Waals surface area contributed by atoms with E-state index in [-0.39, 0.29) is 5.56 Å². The van der Waals surface area contributed by atoms with Gasteiger partial charge in [0.1, 0.15) is 0 Å². The van der Waals surface area contributed by atoms with E-state index in [1.54, 1.807) is 14.0 Å². The van der Waals surface area contributed by atoms with Gasteiger partial charge in [-0.2, -0.15) is 0 Å². The van der Waals surface area contributed by atoms with Crippen molar-refractivity contribution in [2.24, 2.45) is 7.05 Å². The van der Waals surface area contributed by atoms with Crippen LogP contribution in [0.15, 0.2) is 14.6 Å². The van der Waals surface area contributed by atoms with Crippen molar-refractivity contribution in [1.29, 1.82) is 0 Å². The second-order valence-corrected chi connectivity index (χ2v) is 2.69. The summed E-state index contributed by atoms with van der Waals surface area (Å²) in [5.74, 6) is 0. The van der Waals surface area contributed by atoms with Gasteiger partial charge in [0, 0.05) is 12.6 Å². The Hall–Kier alpha value is -0.970. The molecule has 0 unspecified atom stereocenters. The van der Waals surface area contributed by atoms with Crippen molar-refractivity contribution in [3.63, 3.8) is 0 Å². The Labute approximate surface area is 68.3 Å². The molecular formula is C6H8N2O2S. The molecule has 0 bridgehead atoms. The van der Waals surface area contributed by atoms with Gasteiger partial charge in [0.15, 0.2) is 0 Å². The van der Waals surface area contributed by atoms with Gasteiger partial charge in [0.25, 0.3) is 5.56 Å². The average Bonchev–Trinajstić information content (AvgIpc) is 1.97. The van der Waals surface area contributed by atoms with Crippen LogP contribution in [0.4, 0.5) is 0 Å². The molecule has 0 aromatic carbocycles. The van der Waals surface area contributed by atoms with Crippen molar-refractivity contribution in [2.45, 2.75) is 11.9 Å². The van der Waals surface area contributed by atoms with Crippen LogP contribution in [-0.4, -0.2) is 9.55 Å². The first-order valence-electron chi connectivity index (χ1n) is 3.03. The predicted molar refractivity (Wildman–Crippen MR) is 44.3 cm³/mol. The Balaban J connectivity index is 3.73. The van der Waals surface area contributed by atoms with Gasteiger partial charge >= 0.3 is 5.69 Å². The second kappa shape index (κ2) is 2.58. The van der Waals surface area contributed by atoms with E-state index in [0.717, 1.165) is 0 Å². The standard InChI is InChI=1S/C6H8N2O2S/c1-3-4(9)7-6(10)8(2)5(3)11/h11H,1-2H3,(H,7,9,10). The number of thiol groups is 1. The van der Waals surface area contributed by atoms with E-state index in [1.807, 2.05) is 0 Å². The maximum atomic E-state index is 10.9. The van der Waals surface area contributed by atoms with Crippen molar-refractivity contribution in [2.75, 3.05) is 0 Å². The fourth-order valence-electron chi connectivity index (χ4n) is 0.724. The van der Waals surface area contributed by atoms with Crippen LogP contribution in [0.25, 0.3) is 0 Å². The summed E-state index contributed by atoms with van der Waals surface area (Å²) in [7, 11) is 1.55. The van der Waals surface area contributed by atoms with Crippen molar-refractivity contribution in [3.05, 3.63) is 26.4 Å². The van der Waals surface area contributed by atoms with Crippen LogP contribution in [0.2, 0.25) is 0 Å². The molecule has 60 valence electrons. The summed E-state index contributed by atoms with van der Waals surface area (Å²) >= 11 is 3.99. The highest BCUT2D eigenvalue weighted by Gasteiger charge is 2.02. The zero-order valence-corrected chi connectivity index (χ0v) is 7.11. The first-order valence-corrected chi connectivity index (χ1v) is 3.47. The van der Waals surface area contributed by atoms with E-state index in [2.05, 4.69) is 17.6 Å². The first-order chi connectivity index (χ1) is 5.04. The molecule has 1 heterocycles. The van der Waals surface area contributed by atoms with Crippen LogP contribution in [0.1, 0.15) is 5.56 Å². The predicted octanol–water partition coefficient (Wildman–Crippen LogP) is -0.329. The SMILES string of the molecule is Cc1c(S)n(C)c(=O)[nH]c1=O. The lowest BCUT2D eigenvalue weighted by Crippen LogP contribution is -2.30. The molecule has 0 aliphatic carbocycles. The largest absolute Gasteiger partial charge is 0.328 e. The third kappa shape index (κ3) is 1.23. The molecule has 5 heteroatoms. The van der Waals surface area contributed by atoms with Gasteiger partial charge in [-0.05, 0) is 6.92 Å². The highest BCUT2D eigenvalue weighted by atomic mass is 32.1. The fraction of sp³-hybridized carbons (Fsp3) is 0.333. The molecule has 1 aromatic rings. The molecule has 11 heavy (non-hydrogen) atoms. The number of nitrogens with zero attached hydrogens (tertiary/aromatic N) is 1. The van der Waals surface area contributed by atoms with Gasteiger partial charge in [0.05, 0.1) is 5.03 Å². The molecule has 1 aromatic heterocycles. The lowest BCUT2D eigenvalue weighted by molar-refractivity contribution is 0.705. The van der Waals surface area contributed by atoms with Gasteiger partial charge in [-0.1, -0.05) is 0 Å². The Morgan fingerprint density at radius 1 is 1.45 bits per heavy atom. The molecule has 0 saturated carbocycles. The zero-order chi connectivity index (χ0) is 8.59. The van der Waals surface area contributed by atoms with Gasteiger partial charge in [0.2, 0.25) is 0 Å². The molecule has 0 aliphatic heterocycles. The molecule has 0 atom stereocenters. The molecule has 0 saturated heterocycles. The lowest BCUT2D eigenvalue weighted by atomic mass is 10.4. The maximum absolute atomic E-state index is 10.9. The van der Waals surface area contributed by atoms with Crippen LogP contribution in [0.3, 0.4) is 0 Å². The minimum atomic E-state index is -0.439. The Bertz CT molecular complexity index is 356. The van der Waals surface area contributed by atoms with E-state index in [9.17, 15) is 9.59 Å². The van der Waals surface area contributed by atoms with E-state index < -0.39 is 5.69 Å². The van der Waals surface area contributed by atoms with Crippen molar-refractivity contribution < 1.29 is 0 Å². The number of nitrogens with one attached hydrogen (secondary N) is 1. The van der Waals surface area contributed by atoms with Crippen molar-refractivity contribution in [1.82, 2.24) is 9.55 Å². The quantitative estimate of drug-likeness (QED) is 0.416. The third-order valence-electron chi connectivity index (χ3n) is 1.52. The van der Waals surface area contributed by atoms with Crippen molar-refractivity contribution >= 4 is 12.6 Å². The summed E-state index contributed by atoms with van der Waals surface area (Å²) in [4.78, 5) is 23.9. The summed E-state index contributed by atoms with van der Waals surface area (Å²) in [6.07, 6.45) is 0. The fourth-order valence-corrected chi connectivity index (χ4v) is 0.916. The highest BCUT2D eigenvalue weighted by Crippen LogP contribution is 2.01. The van der Waals surface area contributed by atoms with Gasteiger partial charge < -0.3 is 0 Å². The van der Waals surface area contributed by atoms with Crippen LogP contribution in [0, 0.1) is 6.92 Å². The molecular weight excluding hydrogens is 164 g/mol. The van der Waals surface area contributed by atoms with Gasteiger partial charge in [-0.25, -0.2) is 4.79 Å². The lowest BCUT2D eigenvalue weighted by Gasteiger charge is -2.02. The van der Waals surface area contributed by atoms with E-state index in [4.69, 9.17) is 0 Å². The van der Waals surface area contributed by atoms with Gasteiger partial charge in [-0.3, -0.25) is 14.3 Å². The summed E-state index contributed by atoms with van der Waals surface area (Å²) in [5, 5.41) is 0.402.